The van der Waals surface area contributed by atoms with Crippen molar-refractivity contribution < 1.29 is 9.13 Å². The molecule has 2 nitrogen and oxygen atoms in total. The average molecular weight is 289 g/mol. The Morgan fingerprint density at radius 2 is 1.90 bits per heavy atom. The quantitative estimate of drug-likeness (QED) is 0.852. The fourth-order valence-electron chi connectivity index (χ4n) is 1.92. The van der Waals surface area contributed by atoms with Gasteiger partial charge in [-0.2, -0.15) is 0 Å². The highest BCUT2D eigenvalue weighted by molar-refractivity contribution is 7.80. The van der Waals surface area contributed by atoms with Crippen LogP contribution in [0.3, 0.4) is 0 Å². The van der Waals surface area contributed by atoms with Crippen molar-refractivity contribution in [1.29, 1.82) is 0 Å². The lowest BCUT2D eigenvalue weighted by molar-refractivity contribution is 0.0508. The Labute approximate surface area is 123 Å². The Morgan fingerprint density at radius 3 is 2.55 bits per heavy atom. The third-order valence-electron chi connectivity index (χ3n) is 3.10. The molecule has 0 bridgehead atoms. The van der Waals surface area contributed by atoms with Gasteiger partial charge in [-0.15, -0.1) is 0 Å². The Hall–Kier alpha value is -1.78. The van der Waals surface area contributed by atoms with E-state index >= 15 is 0 Å². The molecule has 0 amide bonds. The molecule has 0 aromatic heterocycles. The van der Waals surface area contributed by atoms with Crippen molar-refractivity contribution in [2.45, 2.75) is 19.6 Å². The van der Waals surface area contributed by atoms with Crippen molar-refractivity contribution >= 4 is 17.2 Å². The van der Waals surface area contributed by atoms with E-state index in [4.69, 9.17) is 22.7 Å². The van der Waals surface area contributed by atoms with Gasteiger partial charge >= 0.3 is 0 Å². The molecule has 0 aliphatic carbocycles. The summed E-state index contributed by atoms with van der Waals surface area (Å²) in [5.74, 6) is -0.403. The second kappa shape index (κ2) is 6.59. The first-order valence-corrected chi connectivity index (χ1v) is 6.74. The van der Waals surface area contributed by atoms with E-state index in [1.807, 2.05) is 37.3 Å². The zero-order valence-electron chi connectivity index (χ0n) is 11.2. The minimum absolute atomic E-state index is 0.0560. The molecule has 2 rings (SSSR count). The van der Waals surface area contributed by atoms with Crippen molar-refractivity contribution in [3.05, 3.63) is 71.0 Å². The van der Waals surface area contributed by atoms with Gasteiger partial charge in [0.25, 0.3) is 0 Å². The number of nitrogens with two attached hydrogens (primary N) is 1. The first kappa shape index (κ1) is 14.6. The minimum atomic E-state index is -0.403. The molecular weight excluding hydrogens is 273 g/mol. The predicted octanol–water partition coefficient (Wildman–Crippen LogP) is 3.74. The van der Waals surface area contributed by atoms with Crippen LogP contribution in [0.4, 0.5) is 4.39 Å². The molecule has 0 heterocycles. The van der Waals surface area contributed by atoms with Crippen LogP contribution >= 0.6 is 12.2 Å². The molecule has 2 aromatic carbocycles. The van der Waals surface area contributed by atoms with Crippen LogP contribution in [0.1, 0.15) is 29.7 Å². The largest absolute Gasteiger partial charge is 0.389 e. The van der Waals surface area contributed by atoms with Crippen LogP contribution in [0.25, 0.3) is 0 Å². The van der Waals surface area contributed by atoms with Crippen LogP contribution in [0.5, 0.6) is 0 Å². The first-order chi connectivity index (χ1) is 9.59. The number of halogens is 1. The summed E-state index contributed by atoms with van der Waals surface area (Å²) in [6.45, 7) is 2.11. The van der Waals surface area contributed by atoms with Gasteiger partial charge in [-0.3, -0.25) is 0 Å². The molecular formula is C16H16FNOS. The van der Waals surface area contributed by atoms with E-state index in [0.717, 1.165) is 5.56 Å². The van der Waals surface area contributed by atoms with Gasteiger partial charge in [0.15, 0.2) is 0 Å². The zero-order valence-corrected chi connectivity index (χ0v) is 12.0. The molecule has 20 heavy (non-hydrogen) atoms. The number of benzene rings is 2. The van der Waals surface area contributed by atoms with E-state index in [2.05, 4.69) is 0 Å². The number of ether oxygens (including phenoxy) is 1. The monoisotopic (exact) mass is 289 g/mol. The predicted molar refractivity (Wildman–Crippen MR) is 81.9 cm³/mol. The summed E-state index contributed by atoms with van der Waals surface area (Å²) in [6, 6.07) is 14.8. The molecule has 0 saturated carbocycles. The summed E-state index contributed by atoms with van der Waals surface area (Å²) in [4.78, 5) is 0.0560. The number of hydrogen-bond acceptors (Lipinski definition) is 2. The van der Waals surface area contributed by atoms with Gasteiger partial charge in [0.05, 0.1) is 12.7 Å². The second-order valence-corrected chi connectivity index (χ2v) is 4.95. The molecule has 0 saturated heterocycles. The van der Waals surface area contributed by atoms with Crippen molar-refractivity contribution in [2.24, 2.45) is 5.73 Å². The molecule has 0 spiro atoms. The molecule has 4 heteroatoms. The zero-order chi connectivity index (χ0) is 14.5. The van der Waals surface area contributed by atoms with Crippen molar-refractivity contribution in [1.82, 2.24) is 0 Å². The molecule has 104 valence electrons. The van der Waals surface area contributed by atoms with Gasteiger partial charge in [0.1, 0.15) is 10.8 Å². The molecule has 0 aliphatic heterocycles. The fraction of sp³-hybridized carbons (Fsp3) is 0.188. The number of rotatable bonds is 5. The second-order valence-electron chi connectivity index (χ2n) is 4.51. The Balaban J connectivity index is 2.08. The van der Waals surface area contributed by atoms with Gasteiger partial charge < -0.3 is 10.5 Å². The van der Waals surface area contributed by atoms with Crippen LogP contribution in [0.15, 0.2) is 48.5 Å². The minimum Gasteiger partial charge on any atom is -0.389 e. The summed E-state index contributed by atoms with van der Waals surface area (Å²) in [7, 11) is 0. The lowest BCUT2D eigenvalue weighted by atomic mass is 10.1. The highest BCUT2D eigenvalue weighted by Crippen LogP contribution is 2.20. The third kappa shape index (κ3) is 3.40. The maximum atomic E-state index is 14.1. The van der Waals surface area contributed by atoms with E-state index in [-0.39, 0.29) is 23.3 Å². The highest BCUT2D eigenvalue weighted by atomic mass is 32.1. The van der Waals surface area contributed by atoms with E-state index in [1.54, 1.807) is 18.2 Å². The van der Waals surface area contributed by atoms with E-state index < -0.39 is 5.82 Å². The van der Waals surface area contributed by atoms with E-state index in [1.165, 1.54) is 0 Å². The molecule has 0 fully saturated rings. The van der Waals surface area contributed by atoms with Gasteiger partial charge in [0.2, 0.25) is 0 Å². The Kier molecular flexibility index (Phi) is 4.82. The van der Waals surface area contributed by atoms with Crippen LogP contribution in [0, 0.1) is 5.82 Å². The molecule has 1 atom stereocenters. The first-order valence-electron chi connectivity index (χ1n) is 6.33. The maximum Gasteiger partial charge on any atom is 0.138 e. The van der Waals surface area contributed by atoms with E-state index in [0.29, 0.717) is 5.56 Å². The van der Waals surface area contributed by atoms with Gasteiger partial charge in [0, 0.05) is 11.1 Å². The van der Waals surface area contributed by atoms with Crippen molar-refractivity contribution in [3.63, 3.8) is 0 Å². The number of hydrogen-bond donors (Lipinski definition) is 1. The van der Waals surface area contributed by atoms with Crippen LogP contribution in [0.2, 0.25) is 0 Å². The highest BCUT2D eigenvalue weighted by Gasteiger charge is 2.12. The van der Waals surface area contributed by atoms with Crippen LogP contribution in [-0.2, 0) is 11.3 Å². The topological polar surface area (TPSA) is 35.2 Å². The molecule has 0 radical (unpaired) electrons. The van der Waals surface area contributed by atoms with Gasteiger partial charge in [-0.25, -0.2) is 4.39 Å². The van der Waals surface area contributed by atoms with E-state index in [9.17, 15) is 4.39 Å². The standard InChI is InChI=1S/C16H16FNOS/c1-11(12-6-3-2-4-7-12)19-10-13-8-5-9-14(15(13)17)16(18)20/h2-9,11H,10H2,1H3,(H2,18,20). The Morgan fingerprint density at radius 1 is 1.20 bits per heavy atom. The lowest BCUT2D eigenvalue weighted by Crippen LogP contribution is -2.13. The third-order valence-corrected chi connectivity index (χ3v) is 3.32. The van der Waals surface area contributed by atoms with Gasteiger partial charge in [-0.1, -0.05) is 54.7 Å². The summed E-state index contributed by atoms with van der Waals surface area (Å²) >= 11 is 4.82. The van der Waals surface area contributed by atoms with Crippen LogP contribution < -0.4 is 5.73 Å². The molecule has 2 N–H and O–H groups in total. The summed E-state index contributed by atoms with van der Waals surface area (Å²) in [5.41, 5.74) is 7.25. The summed E-state index contributed by atoms with van der Waals surface area (Å²) < 4.78 is 19.8. The normalized spacial score (nSPS) is 12.1. The molecule has 0 aliphatic rings. The lowest BCUT2D eigenvalue weighted by Gasteiger charge is -2.14. The van der Waals surface area contributed by atoms with Crippen molar-refractivity contribution in [2.75, 3.05) is 0 Å². The maximum absolute atomic E-state index is 14.1. The molecule has 1 unspecified atom stereocenters. The average Bonchev–Trinajstić information content (AvgIpc) is 2.46. The summed E-state index contributed by atoms with van der Waals surface area (Å²) in [5, 5.41) is 0. The van der Waals surface area contributed by atoms with Crippen LogP contribution in [-0.4, -0.2) is 4.99 Å². The SMILES string of the molecule is CC(OCc1cccc(C(N)=S)c1F)c1ccccc1. The molecule has 2 aromatic rings. The number of thiocarbonyl (C=S) groups is 1. The smallest absolute Gasteiger partial charge is 0.138 e. The Bertz CT molecular complexity index is 601. The summed E-state index contributed by atoms with van der Waals surface area (Å²) in [6.07, 6.45) is -0.107. The van der Waals surface area contributed by atoms with Gasteiger partial charge in [-0.05, 0) is 18.6 Å². The van der Waals surface area contributed by atoms with Crippen molar-refractivity contribution in [3.8, 4) is 0 Å². The fourth-order valence-corrected chi connectivity index (χ4v) is 2.07.